The number of H-pyrrole nitrogens is 1. The number of hydrogen-bond acceptors (Lipinski definition) is 1. The molecule has 2 aromatic rings. The number of nitrogens with zero attached hydrogens (tertiary/aromatic N) is 1. The van der Waals surface area contributed by atoms with Gasteiger partial charge >= 0.3 is 0 Å². The van der Waals surface area contributed by atoms with E-state index in [4.69, 9.17) is 0 Å². The molecule has 1 amide bonds. The Bertz CT molecular complexity index is 649. The molecule has 1 aliphatic rings. The fourth-order valence-electron chi connectivity index (χ4n) is 3.24. The summed E-state index contributed by atoms with van der Waals surface area (Å²) in [6, 6.07) is 7.53. The lowest BCUT2D eigenvalue weighted by Gasteiger charge is -2.32. The molecule has 0 bridgehead atoms. The standard InChI is InChI=1S/C18H20F2N2O/c19-15-5-1-6-16(20)14(15)9-8-13-4-3-11-22(12-13)18(23)17-7-2-10-21-17/h1-2,5-7,10,13,21H,3-4,8-9,11-12H2/t13-/m0/s1. The quantitative estimate of drug-likeness (QED) is 0.915. The zero-order valence-corrected chi connectivity index (χ0v) is 12.9. The van der Waals surface area contributed by atoms with E-state index in [0.717, 1.165) is 19.4 Å². The van der Waals surface area contributed by atoms with Crippen LogP contribution in [0.1, 0.15) is 35.3 Å². The molecular formula is C18H20F2N2O. The van der Waals surface area contributed by atoms with Gasteiger partial charge in [-0.2, -0.15) is 0 Å². The van der Waals surface area contributed by atoms with Crippen molar-refractivity contribution in [1.82, 2.24) is 9.88 Å². The molecule has 0 unspecified atom stereocenters. The molecule has 2 heterocycles. The minimum atomic E-state index is -0.486. The maximum atomic E-state index is 13.7. The van der Waals surface area contributed by atoms with E-state index in [1.54, 1.807) is 18.3 Å². The molecule has 3 nitrogen and oxygen atoms in total. The second-order valence-corrected chi connectivity index (χ2v) is 6.08. The van der Waals surface area contributed by atoms with Gasteiger partial charge in [-0.1, -0.05) is 6.07 Å². The predicted octanol–water partition coefficient (Wildman–Crippen LogP) is 3.78. The van der Waals surface area contributed by atoms with Crippen molar-refractivity contribution >= 4 is 5.91 Å². The summed E-state index contributed by atoms with van der Waals surface area (Å²) in [5.74, 6) is -0.696. The number of aromatic amines is 1. The molecule has 122 valence electrons. The number of rotatable bonds is 4. The third-order valence-corrected chi connectivity index (χ3v) is 4.50. The highest BCUT2D eigenvalue weighted by atomic mass is 19.1. The van der Waals surface area contributed by atoms with E-state index in [0.29, 0.717) is 25.1 Å². The smallest absolute Gasteiger partial charge is 0.270 e. The number of amides is 1. The van der Waals surface area contributed by atoms with Crippen molar-refractivity contribution < 1.29 is 13.6 Å². The van der Waals surface area contributed by atoms with Crippen LogP contribution in [-0.2, 0) is 6.42 Å². The predicted molar refractivity (Wildman–Crippen MR) is 84.1 cm³/mol. The van der Waals surface area contributed by atoms with Crippen LogP contribution in [0.25, 0.3) is 0 Å². The van der Waals surface area contributed by atoms with Gasteiger partial charge in [0, 0.05) is 24.8 Å². The zero-order valence-electron chi connectivity index (χ0n) is 12.9. The fourth-order valence-corrected chi connectivity index (χ4v) is 3.24. The van der Waals surface area contributed by atoms with Gasteiger partial charge in [0.25, 0.3) is 5.91 Å². The van der Waals surface area contributed by atoms with Gasteiger partial charge in [0.1, 0.15) is 17.3 Å². The van der Waals surface area contributed by atoms with E-state index in [9.17, 15) is 13.6 Å². The number of piperidine rings is 1. The molecule has 0 saturated carbocycles. The second-order valence-electron chi connectivity index (χ2n) is 6.08. The number of aromatic nitrogens is 1. The van der Waals surface area contributed by atoms with Gasteiger partial charge in [0.2, 0.25) is 0 Å². The summed E-state index contributed by atoms with van der Waals surface area (Å²) in [6.07, 6.45) is 4.71. The van der Waals surface area contributed by atoms with Crippen molar-refractivity contribution in [2.75, 3.05) is 13.1 Å². The summed E-state index contributed by atoms with van der Waals surface area (Å²) in [6.45, 7) is 1.39. The first-order chi connectivity index (χ1) is 11.1. The molecular weight excluding hydrogens is 298 g/mol. The summed E-state index contributed by atoms with van der Waals surface area (Å²) in [4.78, 5) is 17.1. The first-order valence-corrected chi connectivity index (χ1v) is 8.00. The van der Waals surface area contributed by atoms with E-state index in [-0.39, 0.29) is 17.4 Å². The minimum Gasteiger partial charge on any atom is -0.357 e. The highest BCUT2D eigenvalue weighted by molar-refractivity contribution is 5.92. The molecule has 1 aliphatic heterocycles. The Morgan fingerprint density at radius 2 is 2.00 bits per heavy atom. The van der Waals surface area contributed by atoms with Crippen molar-refractivity contribution in [1.29, 1.82) is 0 Å². The Labute approximate surface area is 134 Å². The van der Waals surface area contributed by atoms with Crippen LogP contribution in [-0.4, -0.2) is 28.9 Å². The lowest BCUT2D eigenvalue weighted by atomic mass is 9.91. The number of benzene rings is 1. The lowest BCUT2D eigenvalue weighted by molar-refractivity contribution is 0.0662. The Morgan fingerprint density at radius 1 is 1.22 bits per heavy atom. The number of carbonyl (C=O) groups excluding carboxylic acids is 1. The molecule has 0 spiro atoms. The van der Waals surface area contributed by atoms with Crippen LogP contribution in [0.2, 0.25) is 0 Å². The third kappa shape index (κ3) is 3.60. The number of hydrogen-bond donors (Lipinski definition) is 1. The summed E-state index contributed by atoms with van der Waals surface area (Å²) in [5, 5.41) is 0. The lowest BCUT2D eigenvalue weighted by Crippen LogP contribution is -2.40. The molecule has 1 atom stereocenters. The van der Waals surface area contributed by atoms with Crippen molar-refractivity contribution in [3.8, 4) is 0 Å². The van der Waals surface area contributed by atoms with Gasteiger partial charge < -0.3 is 9.88 Å². The average molecular weight is 318 g/mol. The van der Waals surface area contributed by atoms with E-state index in [2.05, 4.69) is 4.98 Å². The summed E-state index contributed by atoms with van der Waals surface area (Å²) < 4.78 is 27.4. The third-order valence-electron chi connectivity index (χ3n) is 4.50. The number of likely N-dealkylation sites (tertiary alicyclic amines) is 1. The summed E-state index contributed by atoms with van der Waals surface area (Å²) in [5.41, 5.74) is 0.742. The minimum absolute atomic E-state index is 0.00299. The Balaban J connectivity index is 1.60. The highest BCUT2D eigenvalue weighted by Crippen LogP contribution is 2.24. The SMILES string of the molecule is O=C(c1ccc[nH]1)N1CCC[C@@H](CCc2c(F)cccc2F)C1. The normalized spacial score (nSPS) is 18.2. The first-order valence-electron chi connectivity index (χ1n) is 8.00. The molecule has 1 N–H and O–H groups in total. The molecule has 5 heteroatoms. The zero-order chi connectivity index (χ0) is 16.2. The largest absolute Gasteiger partial charge is 0.357 e. The van der Waals surface area contributed by atoms with Crippen LogP contribution in [0.5, 0.6) is 0 Å². The Kier molecular flexibility index (Phi) is 4.74. The van der Waals surface area contributed by atoms with E-state index < -0.39 is 11.6 Å². The number of halogens is 2. The monoisotopic (exact) mass is 318 g/mol. The molecule has 1 saturated heterocycles. The maximum absolute atomic E-state index is 13.7. The maximum Gasteiger partial charge on any atom is 0.270 e. The summed E-state index contributed by atoms with van der Waals surface area (Å²) in [7, 11) is 0. The number of nitrogens with one attached hydrogen (secondary N) is 1. The molecule has 23 heavy (non-hydrogen) atoms. The molecule has 1 aromatic heterocycles. The van der Waals surface area contributed by atoms with E-state index in [1.807, 2.05) is 4.90 Å². The van der Waals surface area contributed by atoms with Gasteiger partial charge in [-0.25, -0.2) is 8.78 Å². The van der Waals surface area contributed by atoms with Crippen LogP contribution in [0.3, 0.4) is 0 Å². The van der Waals surface area contributed by atoms with Crippen LogP contribution in [0.15, 0.2) is 36.5 Å². The first kappa shape index (κ1) is 15.7. The molecule has 0 aliphatic carbocycles. The van der Waals surface area contributed by atoms with Crippen molar-refractivity contribution in [2.24, 2.45) is 5.92 Å². The molecule has 1 aromatic carbocycles. The van der Waals surface area contributed by atoms with Crippen LogP contribution < -0.4 is 0 Å². The number of carbonyl (C=O) groups is 1. The molecule has 0 radical (unpaired) electrons. The van der Waals surface area contributed by atoms with Crippen molar-refractivity contribution in [3.63, 3.8) is 0 Å². The van der Waals surface area contributed by atoms with Gasteiger partial charge in [0.05, 0.1) is 0 Å². The second kappa shape index (κ2) is 6.94. The van der Waals surface area contributed by atoms with Crippen LogP contribution in [0.4, 0.5) is 8.78 Å². The average Bonchev–Trinajstić information content (AvgIpc) is 3.08. The summed E-state index contributed by atoms with van der Waals surface area (Å²) >= 11 is 0. The molecule has 1 fully saturated rings. The van der Waals surface area contributed by atoms with E-state index in [1.165, 1.54) is 18.2 Å². The topological polar surface area (TPSA) is 36.1 Å². The van der Waals surface area contributed by atoms with Crippen LogP contribution in [0, 0.1) is 17.6 Å². The van der Waals surface area contributed by atoms with Gasteiger partial charge in [-0.3, -0.25) is 4.79 Å². The Hall–Kier alpha value is -2.17. The van der Waals surface area contributed by atoms with Gasteiger partial charge in [-0.15, -0.1) is 0 Å². The van der Waals surface area contributed by atoms with Crippen LogP contribution >= 0.6 is 0 Å². The van der Waals surface area contributed by atoms with Gasteiger partial charge in [-0.05, 0) is 55.9 Å². The van der Waals surface area contributed by atoms with Gasteiger partial charge in [0.15, 0.2) is 0 Å². The van der Waals surface area contributed by atoms with E-state index >= 15 is 0 Å². The highest BCUT2D eigenvalue weighted by Gasteiger charge is 2.25. The molecule has 3 rings (SSSR count). The van der Waals surface area contributed by atoms with Crippen molar-refractivity contribution in [3.05, 3.63) is 59.4 Å². The fraction of sp³-hybridized carbons (Fsp3) is 0.389. The Morgan fingerprint density at radius 3 is 2.70 bits per heavy atom. The van der Waals surface area contributed by atoms with Crippen molar-refractivity contribution in [2.45, 2.75) is 25.7 Å².